The molecule has 1 aromatic carbocycles. The standard InChI is InChI=1S/C23H31FN2O2/c1-28-15-7-14-26(23(27)20-9-3-2-4-10-20)18-22-12-6-13-25(22)17-19-8-5-11-21(24)16-19/h5-6,8,11-13,16,20H,2-4,7,9-10,14-15,17-18H2,1H3. The van der Waals surface area contributed by atoms with Crippen LogP contribution < -0.4 is 0 Å². The van der Waals surface area contributed by atoms with E-state index in [4.69, 9.17) is 4.74 Å². The predicted molar refractivity (Wildman–Crippen MR) is 108 cm³/mol. The van der Waals surface area contributed by atoms with Crippen LogP contribution in [0, 0.1) is 11.7 Å². The summed E-state index contributed by atoms with van der Waals surface area (Å²) in [5, 5.41) is 0. The van der Waals surface area contributed by atoms with Crippen LogP contribution in [0.4, 0.5) is 4.39 Å². The monoisotopic (exact) mass is 386 g/mol. The first kappa shape index (κ1) is 20.6. The summed E-state index contributed by atoms with van der Waals surface area (Å²) >= 11 is 0. The highest BCUT2D eigenvalue weighted by Gasteiger charge is 2.26. The van der Waals surface area contributed by atoms with Gasteiger partial charge in [0.15, 0.2) is 0 Å². The van der Waals surface area contributed by atoms with Gasteiger partial charge in [-0.3, -0.25) is 4.79 Å². The molecule has 1 saturated carbocycles. The van der Waals surface area contributed by atoms with Crippen LogP contribution in [0.3, 0.4) is 0 Å². The van der Waals surface area contributed by atoms with E-state index in [1.165, 1.54) is 12.5 Å². The molecule has 0 spiro atoms. The molecule has 0 aliphatic heterocycles. The van der Waals surface area contributed by atoms with Crippen molar-refractivity contribution in [3.8, 4) is 0 Å². The van der Waals surface area contributed by atoms with E-state index in [1.54, 1.807) is 19.2 Å². The van der Waals surface area contributed by atoms with Crippen LogP contribution in [0.1, 0.15) is 49.8 Å². The highest BCUT2D eigenvalue weighted by Crippen LogP contribution is 2.26. The lowest BCUT2D eigenvalue weighted by Gasteiger charge is -2.30. The van der Waals surface area contributed by atoms with Crippen molar-refractivity contribution >= 4 is 5.91 Å². The zero-order chi connectivity index (χ0) is 19.8. The molecule has 1 fully saturated rings. The van der Waals surface area contributed by atoms with Crippen molar-refractivity contribution in [2.45, 2.75) is 51.6 Å². The summed E-state index contributed by atoms with van der Waals surface area (Å²) in [4.78, 5) is 15.2. The number of amides is 1. The quantitative estimate of drug-likeness (QED) is 0.589. The highest BCUT2D eigenvalue weighted by atomic mass is 19.1. The van der Waals surface area contributed by atoms with Gasteiger partial charge in [-0.05, 0) is 49.1 Å². The van der Waals surface area contributed by atoms with Gasteiger partial charge < -0.3 is 14.2 Å². The SMILES string of the molecule is COCCCN(Cc1cccn1Cc1cccc(F)c1)C(=O)C1CCCCC1. The second-order valence-electron chi connectivity index (χ2n) is 7.70. The topological polar surface area (TPSA) is 34.5 Å². The second-order valence-corrected chi connectivity index (χ2v) is 7.70. The number of rotatable bonds is 9. The minimum Gasteiger partial charge on any atom is -0.385 e. The van der Waals surface area contributed by atoms with Gasteiger partial charge in [0.25, 0.3) is 0 Å². The first-order chi connectivity index (χ1) is 13.7. The van der Waals surface area contributed by atoms with Crippen molar-refractivity contribution in [2.75, 3.05) is 20.3 Å². The highest BCUT2D eigenvalue weighted by molar-refractivity contribution is 5.78. The molecule has 1 heterocycles. The van der Waals surface area contributed by atoms with Gasteiger partial charge >= 0.3 is 0 Å². The molecule has 5 heteroatoms. The minimum absolute atomic E-state index is 0.155. The molecule has 1 aliphatic rings. The molecule has 1 aromatic heterocycles. The summed E-state index contributed by atoms with van der Waals surface area (Å²) in [5.74, 6) is 0.206. The van der Waals surface area contributed by atoms with Crippen LogP contribution in [-0.4, -0.2) is 35.6 Å². The third kappa shape index (κ3) is 5.68. The molecule has 0 saturated heterocycles. The largest absolute Gasteiger partial charge is 0.385 e. The molecule has 0 N–H and O–H groups in total. The molecule has 1 aliphatic carbocycles. The fourth-order valence-electron chi connectivity index (χ4n) is 4.05. The van der Waals surface area contributed by atoms with Crippen LogP contribution in [0.2, 0.25) is 0 Å². The number of aromatic nitrogens is 1. The first-order valence-electron chi connectivity index (χ1n) is 10.3. The van der Waals surface area contributed by atoms with E-state index in [1.807, 2.05) is 23.2 Å². The maximum Gasteiger partial charge on any atom is 0.226 e. The van der Waals surface area contributed by atoms with Crippen molar-refractivity contribution in [3.63, 3.8) is 0 Å². The van der Waals surface area contributed by atoms with Crippen LogP contribution in [0.5, 0.6) is 0 Å². The fourth-order valence-corrected chi connectivity index (χ4v) is 4.05. The van der Waals surface area contributed by atoms with Gasteiger partial charge in [-0.15, -0.1) is 0 Å². The molecule has 3 rings (SSSR count). The molecule has 2 aromatic rings. The Morgan fingerprint density at radius 2 is 2.04 bits per heavy atom. The van der Waals surface area contributed by atoms with E-state index in [2.05, 4.69) is 10.6 Å². The Kier molecular flexibility index (Phi) is 7.66. The summed E-state index contributed by atoms with van der Waals surface area (Å²) in [5.41, 5.74) is 1.99. The average molecular weight is 387 g/mol. The Hall–Kier alpha value is -2.14. The van der Waals surface area contributed by atoms with Gasteiger partial charge in [0.1, 0.15) is 5.82 Å². The number of halogens is 1. The third-order valence-corrected chi connectivity index (χ3v) is 5.56. The number of nitrogens with zero attached hydrogens (tertiary/aromatic N) is 2. The smallest absolute Gasteiger partial charge is 0.226 e. The van der Waals surface area contributed by atoms with Crippen LogP contribution in [0.15, 0.2) is 42.6 Å². The van der Waals surface area contributed by atoms with E-state index in [9.17, 15) is 9.18 Å². The number of methoxy groups -OCH3 is 1. The van der Waals surface area contributed by atoms with Gasteiger partial charge in [0.2, 0.25) is 5.91 Å². The number of hydrogen-bond acceptors (Lipinski definition) is 2. The Bertz CT molecular complexity index is 753. The van der Waals surface area contributed by atoms with Gasteiger partial charge in [0.05, 0.1) is 6.54 Å². The normalized spacial score (nSPS) is 14.9. The van der Waals surface area contributed by atoms with Crippen molar-refractivity contribution in [1.29, 1.82) is 0 Å². The second kappa shape index (κ2) is 10.4. The van der Waals surface area contributed by atoms with Gasteiger partial charge in [0, 0.05) is 44.6 Å². The van der Waals surface area contributed by atoms with Gasteiger partial charge in [-0.1, -0.05) is 31.4 Å². The molecule has 1 amide bonds. The molecule has 4 nitrogen and oxygen atoms in total. The summed E-state index contributed by atoms with van der Waals surface area (Å²) in [7, 11) is 1.69. The Labute approximate surface area is 167 Å². The summed E-state index contributed by atoms with van der Waals surface area (Å²) in [6.45, 7) is 2.54. The molecule has 0 bridgehead atoms. The van der Waals surface area contributed by atoms with Crippen LogP contribution in [0.25, 0.3) is 0 Å². The third-order valence-electron chi connectivity index (χ3n) is 5.56. The van der Waals surface area contributed by atoms with Crippen molar-refractivity contribution in [1.82, 2.24) is 9.47 Å². The summed E-state index contributed by atoms with van der Waals surface area (Å²) in [6, 6.07) is 10.7. The number of carbonyl (C=O) groups excluding carboxylic acids is 1. The lowest BCUT2D eigenvalue weighted by Crippen LogP contribution is -2.38. The average Bonchev–Trinajstić information content (AvgIpc) is 3.14. The molecular weight excluding hydrogens is 355 g/mol. The van der Waals surface area contributed by atoms with E-state index >= 15 is 0 Å². The predicted octanol–water partition coefficient (Wildman–Crippen LogP) is 4.62. The van der Waals surface area contributed by atoms with Crippen LogP contribution in [-0.2, 0) is 22.6 Å². The van der Waals surface area contributed by atoms with E-state index in [-0.39, 0.29) is 17.6 Å². The lowest BCUT2D eigenvalue weighted by atomic mass is 9.88. The maximum absolute atomic E-state index is 13.5. The Morgan fingerprint density at radius 1 is 1.21 bits per heavy atom. The molecule has 28 heavy (non-hydrogen) atoms. The molecule has 0 unspecified atom stereocenters. The zero-order valence-corrected chi connectivity index (χ0v) is 16.8. The number of benzene rings is 1. The van der Waals surface area contributed by atoms with E-state index < -0.39 is 0 Å². The van der Waals surface area contributed by atoms with Gasteiger partial charge in [-0.2, -0.15) is 0 Å². The van der Waals surface area contributed by atoms with Gasteiger partial charge in [-0.25, -0.2) is 4.39 Å². The molecule has 152 valence electrons. The fraction of sp³-hybridized carbons (Fsp3) is 0.522. The minimum atomic E-state index is -0.222. The van der Waals surface area contributed by atoms with Crippen molar-refractivity contribution in [3.05, 3.63) is 59.7 Å². The van der Waals surface area contributed by atoms with Crippen molar-refractivity contribution in [2.24, 2.45) is 5.92 Å². The Morgan fingerprint density at radius 3 is 2.79 bits per heavy atom. The number of ether oxygens (including phenoxy) is 1. The van der Waals surface area contributed by atoms with E-state index in [0.717, 1.165) is 43.4 Å². The van der Waals surface area contributed by atoms with E-state index in [0.29, 0.717) is 26.2 Å². The number of hydrogen-bond donors (Lipinski definition) is 0. The summed E-state index contributed by atoms with van der Waals surface area (Å²) in [6.07, 6.45) is 8.38. The maximum atomic E-state index is 13.5. The van der Waals surface area contributed by atoms with Crippen molar-refractivity contribution < 1.29 is 13.9 Å². The zero-order valence-electron chi connectivity index (χ0n) is 16.8. The molecule has 0 atom stereocenters. The molecular formula is C23H31FN2O2. The summed E-state index contributed by atoms with van der Waals surface area (Å²) < 4.78 is 20.8. The Balaban J connectivity index is 1.71. The lowest BCUT2D eigenvalue weighted by molar-refractivity contribution is -0.137. The molecule has 0 radical (unpaired) electrons. The van der Waals surface area contributed by atoms with Crippen LogP contribution >= 0.6 is 0 Å². The first-order valence-corrected chi connectivity index (χ1v) is 10.3. The number of carbonyl (C=O) groups is 1.